The number of rotatable bonds is 3. The van der Waals surface area contributed by atoms with E-state index in [1.165, 1.54) is 4.40 Å². The average Bonchev–Trinajstić information content (AvgIpc) is 2.60. The zero-order chi connectivity index (χ0) is 12.6. The van der Waals surface area contributed by atoms with Gasteiger partial charge >= 0.3 is 5.69 Å². The van der Waals surface area contributed by atoms with Gasteiger partial charge in [0.15, 0.2) is 5.65 Å². The highest BCUT2D eigenvalue weighted by Crippen LogP contribution is 2.07. The maximum atomic E-state index is 11.6. The first-order chi connectivity index (χ1) is 7.99. The van der Waals surface area contributed by atoms with Crippen LogP contribution in [0.5, 0.6) is 0 Å². The Morgan fingerprint density at radius 2 is 2.24 bits per heavy atom. The second-order valence-corrected chi connectivity index (χ2v) is 4.31. The van der Waals surface area contributed by atoms with Crippen molar-refractivity contribution in [2.75, 3.05) is 0 Å². The highest BCUT2D eigenvalue weighted by atomic mass is 16.1. The van der Waals surface area contributed by atoms with Crippen molar-refractivity contribution in [2.45, 2.75) is 27.2 Å². The Hall–Kier alpha value is -1.98. The molecular weight excluding hydrogens is 220 g/mol. The number of ketones is 1. The van der Waals surface area contributed by atoms with Crippen molar-refractivity contribution in [2.24, 2.45) is 5.92 Å². The molecule has 2 aromatic heterocycles. The first kappa shape index (κ1) is 11.5. The van der Waals surface area contributed by atoms with Crippen LogP contribution in [-0.4, -0.2) is 25.4 Å². The lowest BCUT2D eigenvalue weighted by atomic mass is 10.0. The van der Waals surface area contributed by atoms with Gasteiger partial charge in [-0.15, -0.1) is 0 Å². The van der Waals surface area contributed by atoms with Crippen molar-refractivity contribution in [3.05, 3.63) is 28.1 Å². The van der Waals surface area contributed by atoms with E-state index in [4.69, 9.17) is 0 Å². The predicted molar refractivity (Wildman–Crippen MR) is 61.9 cm³/mol. The molecule has 0 atom stereocenters. The molecule has 0 saturated heterocycles. The molecule has 1 N–H and O–H groups in total. The lowest BCUT2D eigenvalue weighted by Crippen LogP contribution is -2.16. The number of H-pyrrole nitrogens is 1. The Labute approximate surface area is 97.7 Å². The van der Waals surface area contributed by atoms with Crippen molar-refractivity contribution < 1.29 is 4.79 Å². The van der Waals surface area contributed by atoms with Crippen molar-refractivity contribution in [1.82, 2.24) is 19.6 Å². The molecule has 6 heteroatoms. The molecule has 0 bridgehead atoms. The molecule has 0 aliphatic carbocycles. The van der Waals surface area contributed by atoms with Gasteiger partial charge in [-0.3, -0.25) is 4.79 Å². The van der Waals surface area contributed by atoms with Crippen LogP contribution in [0.25, 0.3) is 5.65 Å². The first-order valence-corrected chi connectivity index (χ1v) is 5.45. The van der Waals surface area contributed by atoms with Gasteiger partial charge in [0.2, 0.25) is 0 Å². The second-order valence-electron chi connectivity index (χ2n) is 4.31. The minimum Gasteiger partial charge on any atom is -0.299 e. The molecule has 6 nitrogen and oxygen atoms in total. The van der Waals surface area contributed by atoms with Crippen LogP contribution in [-0.2, 0) is 11.2 Å². The molecule has 2 heterocycles. The van der Waals surface area contributed by atoms with Gasteiger partial charge in [-0.2, -0.15) is 5.10 Å². The zero-order valence-electron chi connectivity index (χ0n) is 10.0. The fourth-order valence-corrected chi connectivity index (χ4v) is 1.63. The number of nitrogens with zero attached hydrogens (tertiary/aromatic N) is 3. The molecule has 0 spiro atoms. The van der Waals surface area contributed by atoms with Crippen LogP contribution < -0.4 is 5.69 Å². The van der Waals surface area contributed by atoms with Gasteiger partial charge in [0.1, 0.15) is 11.6 Å². The Bertz CT molecular complexity index is 624. The summed E-state index contributed by atoms with van der Waals surface area (Å²) in [4.78, 5) is 27.2. The molecule has 0 fully saturated rings. The summed E-state index contributed by atoms with van der Waals surface area (Å²) < 4.78 is 1.38. The Balaban J connectivity index is 2.44. The molecule has 2 aromatic rings. The summed E-state index contributed by atoms with van der Waals surface area (Å²) >= 11 is 0. The van der Waals surface area contributed by atoms with Crippen LogP contribution in [0.15, 0.2) is 10.9 Å². The third kappa shape index (κ3) is 2.11. The summed E-state index contributed by atoms with van der Waals surface area (Å²) in [6, 6.07) is 1.66. The summed E-state index contributed by atoms with van der Waals surface area (Å²) in [6.07, 6.45) is 0.274. The number of Topliss-reactive ketones (excluding diaryl/α,β-unsaturated/α-hetero) is 1. The normalized spacial score (nSPS) is 11.3. The van der Waals surface area contributed by atoms with Crippen LogP contribution in [0.4, 0.5) is 0 Å². The third-order valence-electron chi connectivity index (χ3n) is 2.62. The molecule has 0 radical (unpaired) electrons. The van der Waals surface area contributed by atoms with Gasteiger partial charge in [0.05, 0.1) is 5.69 Å². The van der Waals surface area contributed by atoms with E-state index in [-0.39, 0.29) is 23.8 Å². The second kappa shape index (κ2) is 4.12. The quantitative estimate of drug-likeness (QED) is 0.838. The zero-order valence-corrected chi connectivity index (χ0v) is 10.0. The van der Waals surface area contributed by atoms with E-state index in [0.717, 1.165) is 0 Å². The van der Waals surface area contributed by atoms with Crippen LogP contribution in [0.2, 0.25) is 0 Å². The fourth-order valence-electron chi connectivity index (χ4n) is 1.63. The van der Waals surface area contributed by atoms with E-state index in [9.17, 15) is 9.59 Å². The Morgan fingerprint density at radius 3 is 2.88 bits per heavy atom. The Morgan fingerprint density at radius 1 is 1.53 bits per heavy atom. The van der Waals surface area contributed by atoms with Gasteiger partial charge in [0.25, 0.3) is 0 Å². The monoisotopic (exact) mass is 234 g/mol. The number of carbonyl (C=O) groups is 1. The predicted octanol–water partition coefficient (Wildman–Crippen LogP) is 0.494. The summed E-state index contributed by atoms with van der Waals surface area (Å²) in [6.45, 7) is 5.42. The van der Waals surface area contributed by atoms with E-state index in [0.29, 0.717) is 17.2 Å². The number of fused-ring (bicyclic) bond motifs is 1. The molecule has 0 saturated carbocycles. The average molecular weight is 234 g/mol. The standard InChI is InChI=1S/C11H14N4O2/c1-6(2)9(16)4-8-5-10-13-14-11(17)15(10)7(3)12-8/h5-6H,4H2,1-3H3,(H,14,17). The van der Waals surface area contributed by atoms with Crippen molar-refractivity contribution >= 4 is 11.4 Å². The van der Waals surface area contributed by atoms with Gasteiger partial charge in [0, 0.05) is 18.4 Å². The van der Waals surface area contributed by atoms with Gasteiger partial charge in [-0.1, -0.05) is 13.8 Å². The minimum atomic E-state index is -0.313. The molecule has 0 amide bonds. The van der Waals surface area contributed by atoms with E-state index in [2.05, 4.69) is 15.2 Å². The number of carbonyl (C=O) groups excluding carboxylic acids is 1. The number of hydrogen-bond acceptors (Lipinski definition) is 4. The maximum Gasteiger partial charge on any atom is 0.349 e. The minimum absolute atomic E-state index is 0.0188. The number of hydrogen-bond donors (Lipinski definition) is 1. The smallest absolute Gasteiger partial charge is 0.299 e. The van der Waals surface area contributed by atoms with Gasteiger partial charge < -0.3 is 0 Å². The largest absolute Gasteiger partial charge is 0.349 e. The molecular formula is C11H14N4O2. The van der Waals surface area contributed by atoms with Gasteiger partial charge in [-0.25, -0.2) is 19.3 Å². The summed E-state index contributed by atoms with van der Waals surface area (Å²) in [7, 11) is 0. The van der Waals surface area contributed by atoms with E-state index in [1.54, 1.807) is 13.0 Å². The van der Waals surface area contributed by atoms with E-state index in [1.807, 2.05) is 13.8 Å². The molecule has 17 heavy (non-hydrogen) atoms. The third-order valence-corrected chi connectivity index (χ3v) is 2.62. The number of aromatic amines is 1. The Kier molecular flexibility index (Phi) is 2.79. The molecule has 0 aliphatic rings. The maximum absolute atomic E-state index is 11.6. The number of nitrogens with one attached hydrogen (secondary N) is 1. The summed E-state index contributed by atoms with van der Waals surface area (Å²) in [5.41, 5.74) is 0.827. The van der Waals surface area contributed by atoms with Crippen LogP contribution in [0.3, 0.4) is 0 Å². The van der Waals surface area contributed by atoms with Crippen molar-refractivity contribution in [3.8, 4) is 0 Å². The van der Waals surface area contributed by atoms with Crippen LogP contribution in [0, 0.1) is 12.8 Å². The topological polar surface area (TPSA) is 80.1 Å². The van der Waals surface area contributed by atoms with E-state index >= 15 is 0 Å². The highest BCUT2D eigenvalue weighted by molar-refractivity contribution is 5.82. The van der Waals surface area contributed by atoms with Crippen LogP contribution >= 0.6 is 0 Å². The van der Waals surface area contributed by atoms with Gasteiger partial charge in [-0.05, 0) is 6.92 Å². The van der Waals surface area contributed by atoms with Crippen molar-refractivity contribution in [3.63, 3.8) is 0 Å². The molecule has 2 rings (SSSR count). The molecule has 90 valence electrons. The lowest BCUT2D eigenvalue weighted by molar-refractivity contribution is -0.121. The molecule has 0 aliphatic heterocycles. The fraction of sp³-hybridized carbons (Fsp3) is 0.455. The molecule has 0 aromatic carbocycles. The lowest BCUT2D eigenvalue weighted by Gasteiger charge is -2.05. The summed E-state index contributed by atoms with van der Waals surface area (Å²) in [5, 5.41) is 6.22. The number of aromatic nitrogens is 4. The highest BCUT2D eigenvalue weighted by Gasteiger charge is 2.12. The van der Waals surface area contributed by atoms with E-state index < -0.39 is 0 Å². The SMILES string of the molecule is Cc1nc(CC(=O)C(C)C)cc2n[nH]c(=O)n12. The summed E-state index contributed by atoms with van der Waals surface area (Å²) in [5.74, 6) is 0.640. The molecule has 0 unspecified atom stereocenters. The van der Waals surface area contributed by atoms with Crippen LogP contribution in [0.1, 0.15) is 25.4 Å². The van der Waals surface area contributed by atoms with Crippen molar-refractivity contribution in [1.29, 1.82) is 0 Å². The first-order valence-electron chi connectivity index (χ1n) is 5.45. The number of aryl methyl sites for hydroxylation is 1.